The van der Waals surface area contributed by atoms with Crippen molar-refractivity contribution in [1.82, 2.24) is 4.98 Å². The highest BCUT2D eigenvalue weighted by molar-refractivity contribution is 6.18. The first kappa shape index (κ1) is 14.2. The summed E-state index contributed by atoms with van der Waals surface area (Å²) in [5.41, 5.74) is 0.821. The maximum Gasteiger partial charge on any atom is 0.231 e. The fourth-order valence-electron chi connectivity index (χ4n) is 3.51. The minimum atomic E-state index is 0.197. The molecule has 0 N–H and O–H groups in total. The Labute approximate surface area is 143 Å². The third kappa shape index (κ3) is 1.92. The van der Waals surface area contributed by atoms with Gasteiger partial charge in [-0.3, -0.25) is 4.98 Å². The minimum absolute atomic E-state index is 0.197. The van der Waals surface area contributed by atoms with E-state index in [1.807, 2.05) is 24.4 Å². The van der Waals surface area contributed by atoms with E-state index in [-0.39, 0.29) is 6.79 Å². The highest BCUT2D eigenvalue weighted by atomic mass is 16.7. The zero-order chi connectivity index (χ0) is 17.0. The minimum Gasteiger partial charge on any atom is -0.497 e. The van der Waals surface area contributed by atoms with Gasteiger partial charge in [0.05, 0.1) is 25.1 Å². The second-order valence-corrected chi connectivity index (χ2v) is 5.91. The van der Waals surface area contributed by atoms with Crippen molar-refractivity contribution in [2.24, 2.45) is 0 Å². The fraction of sp³-hybridized carbons (Fsp3) is 0.150. The van der Waals surface area contributed by atoms with Gasteiger partial charge in [-0.1, -0.05) is 18.2 Å². The molecular weight excluding hydrogens is 318 g/mol. The Bertz CT molecular complexity index is 1150. The molecule has 2 heterocycles. The van der Waals surface area contributed by atoms with Crippen molar-refractivity contribution in [3.63, 3.8) is 0 Å². The molecule has 1 aliphatic heterocycles. The number of hydrogen-bond acceptors (Lipinski definition) is 5. The van der Waals surface area contributed by atoms with E-state index in [9.17, 15) is 0 Å². The van der Waals surface area contributed by atoms with E-state index < -0.39 is 0 Å². The number of fused-ring (bicyclic) bond motifs is 6. The van der Waals surface area contributed by atoms with Crippen LogP contribution in [0.15, 0.2) is 42.6 Å². The molecule has 1 aliphatic rings. The number of pyridine rings is 1. The summed E-state index contributed by atoms with van der Waals surface area (Å²) in [6.07, 6.45) is 1.90. The number of aromatic nitrogens is 1. The summed E-state index contributed by atoms with van der Waals surface area (Å²) in [7, 11) is 3.31. The number of benzene rings is 3. The maximum absolute atomic E-state index is 5.66. The molecule has 124 valence electrons. The monoisotopic (exact) mass is 333 g/mol. The number of nitrogens with zero attached hydrogens (tertiary/aromatic N) is 1. The first-order valence-corrected chi connectivity index (χ1v) is 7.96. The van der Waals surface area contributed by atoms with Crippen LogP contribution in [0.3, 0.4) is 0 Å². The molecule has 5 nitrogen and oxygen atoms in total. The molecule has 3 aromatic carbocycles. The normalized spacial score (nSPS) is 12.9. The first-order valence-electron chi connectivity index (χ1n) is 7.96. The van der Waals surface area contributed by atoms with E-state index in [4.69, 9.17) is 18.9 Å². The summed E-state index contributed by atoms with van der Waals surface area (Å²) in [6, 6.07) is 12.1. The van der Waals surface area contributed by atoms with E-state index in [0.717, 1.165) is 38.2 Å². The number of hydrogen-bond donors (Lipinski definition) is 0. The molecular formula is C20H15NO4. The van der Waals surface area contributed by atoms with Crippen LogP contribution in [0.4, 0.5) is 0 Å². The quantitative estimate of drug-likeness (QED) is 0.512. The SMILES string of the molecule is COc1ccc2c(ccc3c2cnc2cc4c(c(OC)c23)OCO4)c1. The van der Waals surface area contributed by atoms with Crippen LogP contribution < -0.4 is 18.9 Å². The average Bonchev–Trinajstić information content (AvgIpc) is 3.13. The van der Waals surface area contributed by atoms with Crippen molar-refractivity contribution in [2.75, 3.05) is 21.0 Å². The molecule has 0 atom stereocenters. The van der Waals surface area contributed by atoms with E-state index in [1.165, 1.54) is 0 Å². The van der Waals surface area contributed by atoms with Gasteiger partial charge >= 0.3 is 0 Å². The van der Waals surface area contributed by atoms with Crippen molar-refractivity contribution in [1.29, 1.82) is 0 Å². The predicted molar refractivity (Wildman–Crippen MR) is 96.0 cm³/mol. The maximum atomic E-state index is 5.66. The van der Waals surface area contributed by atoms with E-state index in [0.29, 0.717) is 17.2 Å². The Morgan fingerprint density at radius 3 is 2.64 bits per heavy atom. The van der Waals surface area contributed by atoms with Gasteiger partial charge in [0.1, 0.15) is 5.75 Å². The topological polar surface area (TPSA) is 49.8 Å². The number of methoxy groups -OCH3 is 2. The predicted octanol–water partition coefficient (Wildman–Crippen LogP) is 4.29. The second kappa shape index (κ2) is 5.14. The zero-order valence-electron chi connectivity index (χ0n) is 13.8. The Morgan fingerprint density at radius 1 is 0.920 bits per heavy atom. The summed E-state index contributed by atoms with van der Waals surface area (Å²) in [5, 5.41) is 5.28. The largest absolute Gasteiger partial charge is 0.497 e. The summed E-state index contributed by atoms with van der Waals surface area (Å²) >= 11 is 0. The molecule has 0 bridgehead atoms. The van der Waals surface area contributed by atoms with Crippen LogP contribution in [0.5, 0.6) is 23.0 Å². The van der Waals surface area contributed by atoms with E-state index in [2.05, 4.69) is 23.2 Å². The molecule has 0 radical (unpaired) electrons. The highest BCUT2D eigenvalue weighted by Gasteiger charge is 2.24. The lowest BCUT2D eigenvalue weighted by Crippen LogP contribution is -1.94. The third-order valence-corrected chi connectivity index (χ3v) is 4.67. The zero-order valence-corrected chi connectivity index (χ0v) is 13.8. The molecule has 4 aromatic rings. The first-order chi connectivity index (χ1) is 12.3. The standard InChI is InChI=1S/C20H15NO4/c1-22-12-4-6-13-11(7-12)3-5-14-15(13)9-21-16-8-17-19(25-10-24-17)20(23-2)18(14)16/h3-9H,10H2,1-2H3. The molecule has 0 aliphatic carbocycles. The number of rotatable bonds is 2. The molecule has 5 rings (SSSR count). The molecule has 0 spiro atoms. The average molecular weight is 333 g/mol. The molecule has 0 fully saturated rings. The molecule has 0 amide bonds. The number of ether oxygens (including phenoxy) is 4. The smallest absolute Gasteiger partial charge is 0.231 e. The lowest BCUT2D eigenvalue weighted by atomic mass is 9.99. The van der Waals surface area contributed by atoms with Crippen molar-refractivity contribution in [3.8, 4) is 23.0 Å². The van der Waals surface area contributed by atoms with Gasteiger partial charge in [0.2, 0.25) is 12.5 Å². The Kier molecular flexibility index (Phi) is 2.91. The van der Waals surface area contributed by atoms with Gasteiger partial charge in [0.25, 0.3) is 0 Å². The van der Waals surface area contributed by atoms with Gasteiger partial charge in [-0.05, 0) is 28.3 Å². The van der Waals surface area contributed by atoms with Gasteiger partial charge in [-0.25, -0.2) is 0 Å². The summed E-state index contributed by atoms with van der Waals surface area (Å²) < 4.78 is 22.1. The molecule has 1 aromatic heterocycles. The lowest BCUT2D eigenvalue weighted by molar-refractivity contribution is 0.171. The van der Waals surface area contributed by atoms with E-state index in [1.54, 1.807) is 14.2 Å². The van der Waals surface area contributed by atoms with Crippen LogP contribution in [0.25, 0.3) is 32.4 Å². The summed E-state index contributed by atoms with van der Waals surface area (Å²) in [4.78, 5) is 4.64. The van der Waals surface area contributed by atoms with Crippen molar-refractivity contribution < 1.29 is 18.9 Å². The van der Waals surface area contributed by atoms with Crippen LogP contribution in [0.2, 0.25) is 0 Å². The van der Waals surface area contributed by atoms with Gasteiger partial charge in [0.15, 0.2) is 11.5 Å². The van der Waals surface area contributed by atoms with Crippen LogP contribution in [-0.2, 0) is 0 Å². The lowest BCUT2D eigenvalue weighted by Gasteiger charge is -2.12. The summed E-state index contributed by atoms with van der Waals surface area (Å²) in [5.74, 6) is 2.80. The summed E-state index contributed by atoms with van der Waals surface area (Å²) in [6.45, 7) is 0.197. The Hall–Kier alpha value is -3.21. The van der Waals surface area contributed by atoms with E-state index >= 15 is 0 Å². The second-order valence-electron chi connectivity index (χ2n) is 5.91. The van der Waals surface area contributed by atoms with Gasteiger partial charge in [0, 0.05) is 17.6 Å². The van der Waals surface area contributed by atoms with Crippen LogP contribution in [-0.4, -0.2) is 26.0 Å². The molecule has 25 heavy (non-hydrogen) atoms. The third-order valence-electron chi connectivity index (χ3n) is 4.67. The highest BCUT2D eigenvalue weighted by Crippen LogP contribution is 2.48. The molecule has 0 saturated heterocycles. The van der Waals surface area contributed by atoms with Crippen LogP contribution >= 0.6 is 0 Å². The Morgan fingerprint density at radius 2 is 1.80 bits per heavy atom. The fourth-order valence-corrected chi connectivity index (χ4v) is 3.51. The molecule has 0 saturated carbocycles. The van der Waals surface area contributed by atoms with Crippen molar-refractivity contribution >= 4 is 32.4 Å². The Balaban J connectivity index is 1.93. The molecule has 5 heteroatoms. The van der Waals surface area contributed by atoms with Gasteiger partial charge in [-0.2, -0.15) is 0 Å². The van der Waals surface area contributed by atoms with Crippen LogP contribution in [0, 0.1) is 0 Å². The molecule has 0 unspecified atom stereocenters. The van der Waals surface area contributed by atoms with Gasteiger partial charge in [-0.15, -0.1) is 0 Å². The van der Waals surface area contributed by atoms with Gasteiger partial charge < -0.3 is 18.9 Å². The van der Waals surface area contributed by atoms with Crippen molar-refractivity contribution in [2.45, 2.75) is 0 Å². The van der Waals surface area contributed by atoms with Crippen LogP contribution in [0.1, 0.15) is 0 Å². The van der Waals surface area contributed by atoms with Crippen molar-refractivity contribution in [3.05, 3.63) is 42.6 Å².